The first-order valence-corrected chi connectivity index (χ1v) is 7.47. The second-order valence-electron chi connectivity index (χ2n) is 5.77. The van der Waals surface area contributed by atoms with Crippen LogP contribution in [0.2, 0.25) is 0 Å². The van der Waals surface area contributed by atoms with Gasteiger partial charge < -0.3 is 5.11 Å². The van der Waals surface area contributed by atoms with E-state index >= 15 is 0 Å². The number of alkyl halides is 2. The lowest BCUT2D eigenvalue weighted by Gasteiger charge is -2.28. The van der Waals surface area contributed by atoms with Gasteiger partial charge in [-0.2, -0.15) is 8.78 Å². The standard InChI is InChI=1S/C14H19F2NO3S/c1-9-5-7-10(8-6-9)11(14(15,16)12(18)19)17-21(20)13(2,3)4/h5-8,11,17H,1-4H3,(H,18,19)/t11-,21+/m1/s1. The van der Waals surface area contributed by atoms with E-state index in [1.165, 1.54) is 12.1 Å². The molecule has 0 fully saturated rings. The summed E-state index contributed by atoms with van der Waals surface area (Å²) < 4.78 is 41.4. The average Bonchev–Trinajstić information content (AvgIpc) is 2.35. The normalized spacial score (nSPS) is 15.5. The molecule has 0 aliphatic carbocycles. The summed E-state index contributed by atoms with van der Waals surface area (Å²) in [5, 5.41) is 8.75. The van der Waals surface area contributed by atoms with E-state index in [0.717, 1.165) is 5.56 Å². The Morgan fingerprint density at radius 2 is 1.71 bits per heavy atom. The van der Waals surface area contributed by atoms with Gasteiger partial charge in [0.15, 0.2) is 0 Å². The van der Waals surface area contributed by atoms with E-state index in [2.05, 4.69) is 4.72 Å². The fourth-order valence-electron chi connectivity index (χ4n) is 1.52. The van der Waals surface area contributed by atoms with Crippen molar-refractivity contribution >= 4 is 17.0 Å². The first kappa shape index (κ1) is 17.7. The van der Waals surface area contributed by atoms with Gasteiger partial charge in [-0.15, -0.1) is 0 Å². The van der Waals surface area contributed by atoms with Crippen LogP contribution < -0.4 is 4.72 Å². The van der Waals surface area contributed by atoms with Crippen LogP contribution in [0.1, 0.15) is 37.9 Å². The molecule has 2 atom stereocenters. The lowest BCUT2D eigenvalue weighted by molar-refractivity contribution is -0.168. The summed E-state index contributed by atoms with van der Waals surface area (Å²) in [6.45, 7) is 6.62. The van der Waals surface area contributed by atoms with Crippen molar-refractivity contribution in [1.82, 2.24) is 4.72 Å². The molecule has 0 saturated carbocycles. The molecule has 0 aromatic heterocycles. The minimum absolute atomic E-state index is 0.0746. The molecular weight excluding hydrogens is 300 g/mol. The number of carboxylic acids is 1. The van der Waals surface area contributed by atoms with Gasteiger partial charge in [-0.05, 0) is 33.3 Å². The van der Waals surface area contributed by atoms with Crippen molar-refractivity contribution in [3.05, 3.63) is 35.4 Å². The van der Waals surface area contributed by atoms with Crippen molar-refractivity contribution < 1.29 is 22.9 Å². The molecule has 1 rings (SSSR count). The van der Waals surface area contributed by atoms with Crippen LogP contribution in [0.5, 0.6) is 0 Å². The lowest BCUT2D eigenvalue weighted by atomic mass is 10.0. The minimum atomic E-state index is -4.07. The van der Waals surface area contributed by atoms with Gasteiger partial charge in [0.25, 0.3) is 0 Å². The van der Waals surface area contributed by atoms with Gasteiger partial charge in [-0.1, -0.05) is 29.8 Å². The van der Waals surface area contributed by atoms with E-state index < -0.39 is 33.7 Å². The second kappa shape index (κ2) is 6.19. The predicted molar refractivity (Wildman–Crippen MR) is 77.5 cm³/mol. The number of hydrogen-bond acceptors (Lipinski definition) is 2. The molecule has 0 aliphatic rings. The molecule has 0 unspecified atom stereocenters. The molecule has 2 N–H and O–H groups in total. The van der Waals surface area contributed by atoms with Crippen molar-refractivity contribution in [2.24, 2.45) is 0 Å². The Bertz CT molecular complexity index is 538. The minimum Gasteiger partial charge on any atom is -0.477 e. The first-order chi connectivity index (χ1) is 9.46. The molecule has 1 aromatic carbocycles. The Hall–Kier alpha value is -1.34. The van der Waals surface area contributed by atoms with Crippen LogP contribution in [-0.2, 0) is 15.8 Å². The average molecular weight is 319 g/mol. The van der Waals surface area contributed by atoms with Crippen LogP contribution in [0.15, 0.2) is 24.3 Å². The van der Waals surface area contributed by atoms with E-state index in [-0.39, 0.29) is 5.56 Å². The van der Waals surface area contributed by atoms with Gasteiger partial charge in [0.2, 0.25) is 0 Å². The number of aryl methyl sites for hydroxylation is 1. The Labute approximate surface area is 125 Å². The fourth-order valence-corrected chi connectivity index (χ4v) is 2.37. The first-order valence-electron chi connectivity index (χ1n) is 6.32. The zero-order valence-electron chi connectivity index (χ0n) is 12.3. The van der Waals surface area contributed by atoms with Crippen LogP contribution in [-0.4, -0.2) is 26.0 Å². The number of carboxylic acid groups (broad SMARTS) is 1. The van der Waals surface area contributed by atoms with Gasteiger partial charge >= 0.3 is 11.9 Å². The third-order valence-corrected chi connectivity index (χ3v) is 4.40. The summed E-state index contributed by atoms with van der Waals surface area (Å²) in [4.78, 5) is 10.8. The second-order valence-corrected chi connectivity index (χ2v) is 7.77. The number of carbonyl (C=O) groups is 1. The van der Waals surface area contributed by atoms with Gasteiger partial charge in [0.1, 0.15) is 6.04 Å². The summed E-state index contributed by atoms with van der Waals surface area (Å²) in [6.07, 6.45) is 0. The Balaban J connectivity index is 3.21. The van der Waals surface area contributed by atoms with Crippen LogP contribution >= 0.6 is 0 Å². The number of benzene rings is 1. The van der Waals surface area contributed by atoms with Crippen LogP contribution in [0.3, 0.4) is 0 Å². The molecular formula is C14H19F2NO3S. The summed E-state index contributed by atoms with van der Waals surface area (Å²) in [5.41, 5.74) is 0.929. The molecule has 21 heavy (non-hydrogen) atoms. The van der Waals surface area contributed by atoms with E-state index in [4.69, 9.17) is 5.11 Å². The van der Waals surface area contributed by atoms with E-state index in [1.807, 2.05) is 0 Å². The third kappa shape index (κ3) is 4.31. The molecule has 0 amide bonds. The van der Waals surface area contributed by atoms with Crippen LogP contribution in [0.25, 0.3) is 0 Å². The molecule has 0 saturated heterocycles. The highest BCUT2D eigenvalue weighted by molar-refractivity contribution is 7.84. The number of nitrogens with one attached hydrogen (secondary N) is 1. The maximum Gasteiger partial charge on any atom is 0.376 e. The number of hydrogen-bond donors (Lipinski definition) is 2. The maximum atomic E-state index is 13.9. The molecule has 0 bridgehead atoms. The zero-order chi connectivity index (χ0) is 16.4. The predicted octanol–water partition coefficient (Wildman–Crippen LogP) is 2.81. The Morgan fingerprint density at radius 3 is 2.10 bits per heavy atom. The molecule has 0 aliphatic heterocycles. The summed E-state index contributed by atoms with van der Waals surface area (Å²) in [5.74, 6) is -6.33. The smallest absolute Gasteiger partial charge is 0.376 e. The summed E-state index contributed by atoms with van der Waals surface area (Å²) in [7, 11) is -1.83. The monoisotopic (exact) mass is 319 g/mol. The van der Waals surface area contributed by atoms with Crippen molar-refractivity contribution in [3.63, 3.8) is 0 Å². The van der Waals surface area contributed by atoms with Gasteiger partial charge in [0, 0.05) is 0 Å². The topological polar surface area (TPSA) is 66.4 Å². The van der Waals surface area contributed by atoms with E-state index in [1.54, 1.807) is 39.8 Å². The number of halogens is 2. The van der Waals surface area contributed by atoms with Gasteiger partial charge in [-0.3, -0.25) is 0 Å². The van der Waals surface area contributed by atoms with Crippen molar-refractivity contribution in [3.8, 4) is 0 Å². The lowest BCUT2D eigenvalue weighted by Crippen LogP contribution is -2.47. The zero-order valence-corrected chi connectivity index (χ0v) is 13.1. The molecule has 0 radical (unpaired) electrons. The molecule has 4 nitrogen and oxygen atoms in total. The molecule has 7 heteroatoms. The molecule has 0 spiro atoms. The van der Waals surface area contributed by atoms with Crippen LogP contribution in [0.4, 0.5) is 8.78 Å². The van der Waals surface area contributed by atoms with Crippen molar-refractivity contribution in [2.45, 2.75) is 44.4 Å². The van der Waals surface area contributed by atoms with E-state index in [9.17, 15) is 17.8 Å². The fraction of sp³-hybridized carbons (Fsp3) is 0.500. The summed E-state index contributed by atoms with van der Waals surface area (Å²) in [6, 6.07) is 4.15. The Morgan fingerprint density at radius 1 is 1.24 bits per heavy atom. The molecule has 1 aromatic rings. The van der Waals surface area contributed by atoms with Gasteiger partial charge in [0.05, 0.1) is 15.7 Å². The number of aliphatic carboxylic acids is 1. The number of rotatable bonds is 5. The van der Waals surface area contributed by atoms with Crippen molar-refractivity contribution in [1.29, 1.82) is 0 Å². The summed E-state index contributed by atoms with van der Waals surface area (Å²) >= 11 is 0. The quantitative estimate of drug-likeness (QED) is 0.877. The largest absolute Gasteiger partial charge is 0.477 e. The van der Waals surface area contributed by atoms with Crippen LogP contribution in [0, 0.1) is 6.92 Å². The third-order valence-electron chi connectivity index (χ3n) is 2.84. The van der Waals surface area contributed by atoms with E-state index in [0.29, 0.717) is 0 Å². The molecule has 118 valence electrons. The SMILES string of the molecule is Cc1ccc([C@@H](N[S@@](=O)C(C)(C)C)C(F)(F)C(=O)O)cc1. The van der Waals surface area contributed by atoms with Gasteiger partial charge in [-0.25, -0.2) is 13.7 Å². The highest BCUT2D eigenvalue weighted by Gasteiger charge is 2.49. The molecule has 0 heterocycles. The maximum absolute atomic E-state index is 13.9. The Kier molecular flexibility index (Phi) is 5.22. The van der Waals surface area contributed by atoms with Crippen molar-refractivity contribution in [2.75, 3.05) is 0 Å². The highest BCUT2D eigenvalue weighted by Crippen LogP contribution is 2.33. The highest BCUT2D eigenvalue weighted by atomic mass is 32.2.